The first-order valence-corrected chi connectivity index (χ1v) is 10.3. The lowest BCUT2D eigenvalue weighted by atomic mass is 9.97. The van der Waals surface area contributed by atoms with E-state index in [4.69, 9.17) is 0 Å². The molecule has 1 aromatic heterocycles. The number of hydrogen-bond acceptors (Lipinski definition) is 4. The molecule has 2 aliphatic heterocycles. The number of amides is 2. The molecule has 1 N–H and O–H groups in total. The van der Waals surface area contributed by atoms with Crippen molar-refractivity contribution in [3.8, 4) is 0 Å². The van der Waals surface area contributed by atoms with Crippen LogP contribution in [0.5, 0.6) is 0 Å². The van der Waals surface area contributed by atoms with Crippen LogP contribution in [-0.4, -0.2) is 54.8 Å². The largest absolute Gasteiger partial charge is 0.355 e. The minimum Gasteiger partial charge on any atom is -0.355 e. The van der Waals surface area contributed by atoms with Crippen LogP contribution in [0, 0.1) is 11.3 Å². The molecule has 3 fully saturated rings. The van der Waals surface area contributed by atoms with Gasteiger partial charge in [0.25, 0.3) is 0 Å². The maximum absolute atomic E-state index is 12.9. The highest BCUT2D eigenvalue weighted by atomic mass is 32.1. The van der Waals surface area contributed by atoms with E-state index in [-0.39, 0.29) is 29.2 Å². The van der Waals surface area contributed by atoms with Crippen LogP contribution >= 0.6 is 11.3 Å². The molecule has 2 unspecified atom stereocenters. The van der Waals surface area contributed by atoms with Gasteiger partial charge in [0, 0.05) is 36.9 Å². The van der Waals surface area contributed by atoms with Crippen LogP contribution in [-0.2, 0) is 9.59 Å². The van der Waals surface area contributed by atoms with E-state index in [9.17, 15) is 9.59 Å². The van der Waals surface area contributed by atoms with Crippen molar-refractivity contribution in [3.63, 3.8) is 0 Å². The van der Waals surface area contributed by atoms with Crippen LogP contribution in [0.2, 0.25) is 0 Å². The Balaban J connectivity index is 1.38. The van der Waals surface area contributed by atoms with E-state index >= 15 is 0 Å². The minimum atomic E-state index is -0.265. The fraction of sp³-hybridized carbons (Fsp3) is 0.684. The first-order chi connectivity index (χ1) is 12.1. The van der Waals surface area contributed by atoms with Crippen molar-refractivity contribution in [2.45, 2.75) is 38.1 Å². The molecule has 1 saturated carbocycles. The molecule has 0 bridgehead atoms. The summed E-state index contributed by atoms with van der Waals surface area (Å²) >= 11 is 1.62. The van der Waals surface area contributed by atoms with Gasteiger partial charge in [0.15, 0.2) is 0 Å². The van der Waals surface area contributed by atoms with Gasteiger partial charge in [0.2, 0.25) is 11.8 Å². The summed E-state index contributed by atoms with van der Waals surface area (Å²) in [5.74, 6) is -0.153. The van der Waals surface area contributed by atoms with E-state index in [0.717, 1.165) is 18.0 Å². The summed E-state index contributed by atoms with van der Waals surface area (Å²) in [6.45, 7) is 4.29. The van der Waals surface area contributed by atoms with Crippen molar-refractivity contribution < 1.29 is 9.59 Å². The number of likely N-dealkylation sites (tertiary alicyclic amines) is 2. The summed E-state index contributed by atoms with van der Waals surface area (Å²) < 4.78 is 0. The van der Waals surface area contributed by atoms with Gasteiger partial charge in [-0.2, -0.15) is 0 Å². The normalized spacial score (nSPS) is 28.5. The van der Waals surface area contributed by atoms with E-state index in [2.05, 4.69) is 10.2 Å². The molecule has 3 aliphatic rings. The molecular weight excluding hydrogens is 334 g/mol. The highest BCUT2D eigenvalue weighted by Crippen LogP contribution is 2.46. The van der Waals surface area contributed by atoms with Crippen LogP contribution in [0.25, 0.3) is 0 Å². The third kappa shape index (κ3) is 3.47. The van der Waals surface area contributed by atoms with Gasteiger partial charge in [0.05, 0.1) is 12.0 Å². The van der Waals surface area contributed by atoms with Crippen molar-refractivity contribution in [2.75, 3.05) is 33.2 Å². The first-order valence-electron chi connectivity index (χ1n) is 9.37. The van der Waals surface area contributed by atoms with Crippen LogP contribution in [0.1, 0.15) is 43.0 Å². The molecule has 4 rings (SSSR count). The molecule has 2 atom stereocenters. The topological polar surface area (TPSA) is 52.7 Å². The Hall–Kier alpha value is -1.40. The van der Waals surface area contributed by atoms with Crippen molar-refractivity contribution >= 4 is 23.2 Å². The molecule has 0 spiro atoms. The smallest absolute Gasteiger partial charge is 0.226 e. The SMILES string of the molecule is CN1C(=O)CC(C(=O)NCC2(CN3CCCC3)CC2)C1c1cccs1. The zero-order valence-electron chi connectivity index (χ0n) is 14.9. The Morgan fingerprint density at radius 3 is 2.76 bits per heavy atom. The molecule has 1 aliphatic carbocycles. The summed E-state index contributed by atoms with van der Waals surface area (Å²) in [4.78, 5) is 30.4. The molecule has 1 aromatic rings. The van der Waals surface area contributed by atoms with Gasteiger partial charge in [-0.25, -0.2) is 0 Å². The van der Waals surface area contributed by atoms with Crippen molar-refractivity contribution in [2.24, 2.45) is 11.3 Å². The molecule has 2 amide bonds. The minimum absolute atomic E-state index is 0.0452. The molecule has 2 saturated heterocycles. The van der Waals surface area contributed by atoms with Gasteiger partial charge >= 0.3 is 0 Å². The predicted molar refractivity (Wildman–Crippen MR) is 98.3 cm³/mol. The second-order valence-corrected chi connectivity index (χ2v) is 8.96. The highest BCUT2D eigenvalue weighted by Gasteiger charge is 2.47. The summed E-state index contributed by atoms with van der Waals surface area (Å²) in [6.07, 6.45) is 5.36. The summed E-state index contributed by atoms with van der Waals surface area (Å²) in [5.41, 5.74) is 0.285. The fourth-order valence-electron chi connectivity index (χ4n) is 4.34. The molecule has 25 heavy (non-hydrogen) atoms. The standard InChI is InChI=1S/C19H27N3O2S/c1-21-16(23)11-14(17(21)15-5-4-10-25-15)18(24)20-12-19(6-7-19)13-22-8-2-3-9-22/h4-5,10,14,17H,2-3,6-9,11-13H2,1H3,(H,20,24). The molecule has 5 nitrogen and oxygen atoms in total. The Labute approximate surface area is 153 Å². The lowest BCUT2D eigenvalue weighted by molar-refractivity contribution is -0.128. The second kappa shape index (κ2) is 6.72. The van der Waals surface area contributed by atoms with Crippen LogP contribution in [0.15, 0.2) is 17.5 Å². The van der Waals surface area contributed by atoms with Gasteiger partial charge in [0.1, 0.15) is 0 Å². The van der Waals surface area contributed by atoms with Crippen molar-refractivity contribution in [3.05, 3.63) is 22.4 Å². The molecule has 6 heteroatoms. The van der Waals surface area contributed by atoms with Gasteiger partial charge in [-0.1, -0.05) is 6.07 Å². The third-order valence-corrected chi connectivity index (χ3v) is 7.05. The second-order valence-electron chi connectivity index (χ2n) is 7.98. The number of nitrogens with zero attached hydrogens (tertiary/aromatic N) is 2. The number of hydrogen-bond donors (Lipinski definition) is 1. The van der Waals surface area contributed by atoms with Crippen molar-refractivity contribution in [1.29, 1.82) is 0 Å². The zero-order valence-corrected chi connectivity index (χ0v) is 15.7. The Morgan fingerprint density at radius 1 is 1.36 bits per heavy atom. The first kappa shape index (κ1) is 17.0. The lowest BCUT2D eigenvalue weighted by Gasteiger charge is -2.26. The average molecular weight is 362 g/mol. The van der Waals surface area contributed by atoms with Gasteiger partial charge in [-0.05, 0) is 50.2 Å². The summed E-state index contributed by atoms with van der Waals surface area (Å²) in [7, 11) is 1.82. The Morgan fingerprint density at radius 2 is 2.12 bits per heavy atom. The van der Waals surface area contributed by atoms with E-state index in [1.807, 2.05) is 24.6 Å². The quantitative estimate of drug-likeness (QED) is 0.846. The van der Waals surface area contributed by atoms with E-state index in [1.54, 1.807) is 16.2 Å². The Kier molecular flexibility index (Phi) is 4.58. The lowest BCUT2D eigenvalue weighted by Crippen LogP contribution is -2.40. The zero-order chi connectivity index (χ0) is 17.4. The average Bonchev–Trinajstić information content (AvgIpc) is 3.02. The molecular formula is C19H27N3O2S. The van der Waals surface area contributed by atoms with E-state index < -0.39 is 0 Å². The number of thiophene rings is 1. The molecule has 0 aromatic carbocycles. The van der Waals surface area contributed by atoms with Crippen molar-refractivity contribution in [1.82, 2.24) is 15.1 Å². The highest BCUT2D eigenvalue weighted by molar-refractivity contribution is 7.10. The van der Waals surface area contributed by atoms with Crippen LogP contribution < -0.4 is 5.32 Å². The summed E-state index contributed by atoms with van der Waals surface area (Å²) in [5, 5.41) is 5.20. The number of carbonyl (C=O) groups is 2. The number of carbonyl (C=O) groups excluding carboxylic acids is 2. The molecule has 0 radical (unpaired) electrons. The monoisotopic (exact) mass is 361 g/mol. The third-order valence-electron chi connectivity index (χ3n) is 6.11. The number of rotatable bonds is 6. The maximum Gasteiger partial charge on any atom is 0.226 e. The molecule has 3 heterocycles. The fourth-order valence-corrected chi connectivity index (χ4v) is 5.28. The summed E-state index contributed by atoms with van der Waals surface area (Å²) in [6, 6.07) is 3.91. The van der Waals surface area contributed by atoms with E-state index in [0.29, 0.717) is 6.42 Å². The van der Waals surface area contributed by atoms with Crippen LogP contribution in [0.3, 0.4) is 0 Å². The molecule has 136 valence electrons. The number of nitrogens with one attached hydrogen (secondary N) is 1. The van der Waals surface area contributed by atoms with E-state index in [1.165, 1.54) is 38.8 Å². The predicted octanol–water partition coefficient (Wildman–Crippen LogP) is 2.26. The Bertz CT molecular complexity index is 635. The van der Waals surface area contributed by atoms with Gasteiger partial charge in [-0.3, -0.25) is 9.59 Å². The van der Waals surface area contributed by atoms with Gasteiger partial charge in [-0.15, -0.1) is 11.3 Å². The van der Waals surface area contributed by atoms with Crippen LogP contribution in [0.4, 0.5) is 0 Å². The van der Waals surface area contributed by atoms with Gasteiger partial charge < -0.3 is 15.1 Å². The maximum atomic E-state index is 12.9.